The summed E-state index contributed by atoms with van der Waals surface area (Å²) >= 11 is 5.86. The maximum atomic E-state index is 12.0. The van der Waals surface area contributed by atoms with Gasteiger partial charge < -0.3 is 10.1 Å². The van der Waals surface area contributed by atoms with Crippen molar-refractivity contribution in [1.29, 1.82) is 0 Å². The van der Waals surface area contributed by atoms with Crippen LogP contribution in [0.15, 0.2) is 42.6 Å². The van der Waals surface area contributed by atoms with Crippen molar-refractivity contribution in [2.45, 2.75) is 6.54 Å². The van der Waals surface area contributed by atoms with Crippen LogP contribution in [0.4, 0.5) is 0 Å². The molecule has 0 spiro atoms. The van der Waals surface area contributed by atoms with Gasteiger partial charge in [-0.1, -0.05) is 29.8 Å². The normalized spacial score (nSPS) is 10.0. The summed E-state index contributed by atoms with van der Waals surface area (Å²) in [5.74, 6) is 0.476. The molecule has 0 saturated carbocycles. The zero-order valence-corrected chi connectivity index (χ0v) is 11.1. The standard InChI is InChI=1S/C14H13ClN2O2/c1-19-12-7-3-2-5-10(12)9-17-14(18)11-6-4-8-16-13(11)15/h2-8H,9H2,1H3,(H,17,18). The fraction of sp³-hybridized carbons (Fsp3) is 0.143. The molecule has 98 valence electrons. The van der Waals surface area contributed by atoms with Crippen molar-refractivity contribution in [1.82, 2.24) is 10.3 Å². The van der Waals surface area contributed by atoms with Crippen LogP contribution in [0, 0.1) is 0 Å². The van der Waals surface area contributed by atoms with Gasteiger partial charge in [-0.05, 0) is 18.2 Å². The molecule has 5 heteroatoms. The van der Waals surface area contributed by atoms with E-state index in [0.717, 1.165) is 11.3 Å². The van der Waals surface area contributed by atoms with Crippen molar-refractivity contribution in [2.24, 2.45) is 0 Å². The minimum absolute atomic E-state index is 0.194. The molecule has 0 aliphatic rings. The van der Waals surface area contributed by atoms with Crippen molar-refractivity contribution < 1.29 is 9.53 Å². The van der Waals surface area contributed by atoms with E-state index in [1.54, 1.807) is 25.4 Å². The largest absolute Gasteiger partial charge is 0.496 e. The van der Waals surface area contributed by atoms with Gasteiger partial charge in [0.1, 0.15) is 10.9 Å². The molecule has 0 saturated heterocycles. The number of carbonyl (C=O) groups is 1. The molecule has 1 heterocycles. The van der Waals surface area contributed by atoms with Gasteiger partial charge in [0, 0.05) is 18.3 Å². The first-order valence-corrected chi connectivity index (χ1v) is 6.11. The van der Waals surface area contributed by atoms with E-state index in [2.05, 4.69) is 10.3 Å². The van der Waals surface area contributed by atoms with Crippen LogP contribution in [0.25, 0.3) is 0 Å². The number of ether oxygens (including phenoxy) is 1. The Bertz CT molecular complexity index is 587. The molecule has 0 bridgehead atoms. The third-order valence-electron chi connectivity index (χ3n) is 2.64. The Morgan fingerprint density at radius 1 is 1.32 bits per heavy atom. The molecule has 1 amide bonds. The topological polar surface area (TPSA) is 51.2 Å². The Morgan fingerprint density at radius 2 is 2.11 bits per heavy atom. The number of nitrogens with zero attached hydrogens (tertiary/aromatic N) is 1. The monoisotopic (exact) mass is 276 g/mol. The lowest BCUT2D eigenvalue weighted by Crippen LogP contribution is -2.23. The van der Waals surface area contributed by atoms with Crippen LogP contribution < -0.4 is 10.1 Å². The molecule has 1 N–H and O–H groups in total. The first-order valence-electron chi connectivity index (χ1n) is 5.73. The van der Waals surface area contributed by atoms with E-state index < -0.39 is 0 Å². The van der Waals surface area contributed by atoms with E-state index in [0.29, 0.717) is 12.1 Å². The number of nitrogens with one attached hydrogen (secondary N) is 1. The number of para-hydroxylation sites is 1. The van der Waals surface area contributed by atoms with E-state index in [1.165, 1.54) is 0 Å². The summed E-state index contributed by atoms with van der Waals surface area (Å²) in [6, 6.07) is 10.8. The number of hydrogen-bond acceptors (Lipinski definition) is 3. The molecule has 0 atom stereocenters. The highest BCUT2D eigenvalue weighted by molar-refractivity contribution is 6.32. The van der Waals surface area contributed by atoms with Crippen LogP contribution in [-0.4, -0.2) is 18.0 Å². The second kappa shape index (κ2) is 6.20. The van der Waals surface area contributed by atoms with Crippen LogP contribution in [0.2, 0.25) is 5.15 Å². The molecule has 4 nitrogen and oxygen atoms in total. The number of amides is 1. The highest BCUT2D eigenvalue weighted by Crippen LogP contribution is 2.17. The fourth-order valence-corrected chi connectivity index (χ4v) is 1.88. The summed E-state index contributed by atoms with van der Waals surface area (Å²) in [4.78, 5) is 15.8. The van der Waals surface area contributed by atoms with Crippen molar-refractivity contribution in [2.75, 3.05) is 7.11 Å². The van der Waals surface area contributed by atoms with Gasteiger partial charge >= 0.3 is 0 Å². The highest BCUT2D eigenvalue weighted by atomic mass is 35.5. The third-order valence-corrected chi connectivity index (χ3v) is 2.94. The summed E-state index contributed by atoms with van der Waals surface area (Å²) in [5, 5.41) is 2.98. The number of methoxy groups -OCH3 is 1. The summed E-state index contributed by atoms with van der Waals surface area (Å²) in [7, 11) is 1.60. The zero-order valence-electron chi connectivity index (χ0n) is 10.4. The number of halogens is 1. The smallest absolute Gasteiger partial charge is 0.254 e. The summed E-state index contributed by atoms with van der Waals surface area (Å²) in [5.41, 5.74) is 1.26. The molecule has 0 fully saturated rings. The predicted octanol–water partition coefficient (Wildman–Crippen LogP) is 2.67. The molecular formula is C14H13ClN2O2. The minimum atomic E-state index is -0.260. The minimum Gasteiger partial charge on any atom is -0.496 e. The van der Waals surface area contributed by atoms with Gasteiger partial charge in [-0.3, -0.25) is 4.79 Å². The van der Waals surface area contributed by atoms with Gasteiger partial charge in [0.05, 0.1) is 12.7 Å². The number of pyridine rings is 1. The number of rotatable bonds is 4. The molecule has 2 aromatic rings. The maximum Gasteiger partial charge on any atom is 0.254 e. The summed E-state index contributed by atoms with van der Waals surface area (Å²) < 4.78 is 5.22. The van der Waals surface area contributed by atoms with E-state index in [9.17, 15) is 4.79 Å². The van der Waals surface area contributed by atoms with Crippen LogP contribution in [-0.2, 0) is 6.54 Å². The SMILES string of the molecule is COc1ccccc1CNC(=O)c1cccnc1Cl. The number of benzene rings is 1. The molecule has 0 unspecified atom stereocenters. The number of aromatic nitrogens is 1. The molecule has 0 radical (unpaired) electrons. The summed E-state index contributed by atoms with van der Waals surface area (Å²) in [6.45, 7) is 0.369. The average molecular weight is 277 g/mol. The number of hydrogen-bond donors (Lipinski definition) is 1. The molecule has 0 aliphatic heterocycles. The predicted molar refractivity (Wildman–Crippen MR) is 73.4 cm³/mol. The molecular weight excluding hydrogens is 264 g/mol. The zero-order chi connectivity index (χ0) is 13.7. The maximum absolute atomic E-state index is 12.0. The van der Waals surface area contributed by atoms with Gasteiger partial charge in [0.25, 0.3) is 5.91 Å². The van der Waals surface area contributed by atoms with Crippen LogP contribution >= 0.6 is 11.6 Å². The lowest BCUT2D eigenvalue weighted by Gasteiger charge is -2.09. The van der Waals surface area contributed by atoms with Gasteiger partial charge in [-0.25, -0.2) is 4.98 Å². The first kappa shape index (κ1) is 13.4. The fourth-order valence-electron chi connectivity index (χ4n) is 1.68. The van der Waals surface area contributed by atoms with E-state index in [-0.39, 0.29) is 11.1 Å². The molecule has 2 rings (SSSR count). The van der Waals surface area contributed by atoms with Crippen molar-refractivity contribution in [3.8, 4) is 5.75 Å². The van der Waals surface area contributed by atoms with Gasteiger partial charge in [0.15, 0.2) is 0 Å². The lowest BCUT2D eigenvalue weighted by molar-refractivity contribution is 0.0950. The second-order valence-corrected chi connectivity index (χ2v) is 4.19. The first-order chi connectivity index (χ1) is 9.22. The Morgan fingerprint density at radius 3 is 2.84 bits per heavy atom. The van der Waals surface area contributed by atoms with Gasteiger partial charge in [-0.2, -0.15) is 0 Å². The van der Waals surface area contributed by atoms with Crippen molar-refractivity contribution >= 4 is 17.5 Å². The van der Waals surface area contributed by atoms with Gasteiger partial charge in [0.2, 0.25) is 0 Å². The molecule has 0 aliphatic carbocycles. The Hall–Kier alpha value is -2.07. The highest BCUT2D eigenvalue weighted by Gasteiger charge is 2.11. The number of carbonyl (C=O) groups excluding carboxylic acids is 1. The van der Waals surface area contributed by atoms with Crippen LogP contribution in [0.3, 0.4) is 0 Å². The quantitative estimate of drug-likeness (QED) is 0.874. The Balaban J connectivity index is 2.07. The van der Waals surface area contributed by atoms with E-state index in [4.69, 9.17) is 16.3 Å². The molecule has 19 heavy (non-hydrogen) atoms. The van der Waals surface area contributed by atoms with Crippen LogP contribution in [0.1, 0.15) is 15.9 Å². The van der Waals surface area contributed by atoms with Crippen molar-refractivity contribution in [3.05, 3.63) is 58.9 Å². The molecule has 1 aromatic carbocycles. The Kier molecular flexibility index (Phi) is 4.36. The Labute approximate surface area is 116 Å². The molecule has 1 aromatic heterocycles. The van der Waals surface area contributed by atoms with E-state index in [1.807, 2.05) is 24.3 Å². The summed E-state index contributed by atoms with van der Waals surface area (Å²) in [6.07, 6.45) is 1.54. The van der Waals surface area contributed by atoms with Gasteiger partial charge in [-0.15, -0.1) is 0 Å². The van der Waals surface area contributed by atoms with E-state index >= 15 is 0 Å². The third kappa shape index (κ3) is 3.23. The van der Waals surface area contributed by atoms with Crippen molar-refractivity contribution in [3.63, 3.8) is 0 Å². The average Bonchev–Trinajstić information content (AvgIpc) is 2.45. The lowest BCUT2D eigenvalue weighted by atomic mass is 10.2. The van der Waals surface area contributed by atoms with Crippen LogP contribution in [0.5, 0.6) is 5.75 Å². The second-order valence-electron chi connectivity index (χ2n) is 3.84.